The molecule has 2 N–H and O–H groups in total. The van der Waals surface area contributed by atoms with Crippen molar-refractivity contribution in [1.82, 2.24) is 20.7 Å². The minimum Gasteiger partial charge on any atom is -0.445 e. The third-order valence-electron chi connectivity index (χ3n) is 7.79. The maximum atomic E-state index is 13.7. The van der Waals surface area contributed by atoms with Crippen molar-refractivity contribution in [2.24, 2.45) is 5.92 Å². The number of nitrogens with one attached hydrogen (secondary N) is 2. The summed E-state index contributed by atoms with van der Waals surface area (Å²) in [6.45, 7) is 15.6. The van der Waals surface area contributed by atoms with Crippen LogP contribution in [0.5, 0.6) is 0 Å². The van der Waals surface area contributed by atoms with Gasteiger partial charge in [0.2, 0.25) is 0 Å². The summed E-state index contributed by atoms with van der Waals surface area (Å²) in [4.78, 5) is 55.1. The van der Waals surface area contributed by atoms with E-state index in [9.17, 15) is 19.2 Å². The van der Waals surface area contributed by atoms with E-state index in [0.29, 0.717) is 18.5 Å². The summed E-state index contributed by atoms with van der Waals surface area (Å²) in [6.07, 6.45) is -1.50. The van der Waals surface area contributed by atoms with Crippen molar-refractivity contribution < 1.29 is 33.4 Å². The van der Waals surface area contributed by atoms with Crippen molar-refractivity contribution in [2.45, 2.75) is 104 Å². The number of epoxide rings is 1. The van der Waals surface area contributed by atoms with Crippen LogP contribution in [-0.2, 0) is 31.0 Å². The highest BCUT2D eigenvalue weighted by molar-refractivity contribution is 5.97. The van der Waals surface area contributed by atoms with Gasteiger partial charge in [-0.15, -0.1) is 0 Å². The Morgan fingerprint density at radius 3 is 2.22 bits per heavy atom. The van der Waals surface area contributed by atoms with Crippen LogP contribution in [0.25, 0.3) is 0 Å². The lowest BCUT2D eigenvalue weighted by atomic mass is 9.86. The second-order valence-corrected chi connectivity index (χ2v) is 14.4. The number of likely N-dealkylation sites (tertiary alicyclic amines) is 1. The molecule has 4 atom stereocenters. The molecule has 0 bridgehead atoms. The van der Waals surface area contributed by atoms with Crippen LogP contribution in [-0.4, -0.2) is 76.9 Å². The second kappa shape index (κ2) is 14.1. The van der Waals surface area contributed by atoms with E-state index >= 15 is 0 Å². The predicted octanol–water partition coefficient (Wildman–Crippen LogP) is 5.19. The highest BCUT2D eigenvalue weighted by atomic mass is 16.6. The molecule has 4 amide bonds. The molecule has 4 rings (SSSR count). The largest absolute Gasteiger partial charge is 0.445 e. The topological polar surface area (TPSA) is 130 Å². The van der Waals surface area contributed by atoms with Crippen LogP contribution in [0.15, 0.2) is 54.6 Å². The number of benzene rings is 2. The van der Waals surface area contributed by atoms with Crippen LogP contribution in [0, 0.1) is 5.92 Å². The lowest BCUT2D eigenvalue weighted by Crippen LogP contribution is -2.59. The van der Waals surface area contributed by atoms with E-state index < -0.39 is 41.7 Å². The first-order chi connectivity index (χ1) is 21.5. The van der Waals surface area contributed by atoms with Crippen molar-refractivity contribution in [3.8, 4) is 0 Å². The number of rotatable bonds is 9. The number of carbonyl (C=O) groups excluding carboxylic acids is 4. The molecule has 46 heavy (non-hydrogen) atoms. The smallest absolute Gasteiger partial charge is 0.429 e. The monoisotopic (exact) mass is 636 g/mol. The molecule has 2 aromatic carbocycles. The van der Waals surface area contributed by atoms with Crippen molar-refractivity contribution in [3.63, 3.8) is 0 Å². The second-order valence-electron chi connectivity index (χ2n) is 14.4. The molecule has 11 nitrogen and oxygen atoms in total. The summed E-state index contributed by atoms with van der Waals surface area (Å²) >= 11 is 0. The molecule has 2 aliphatic rings. The first-order valence-electron chi connectivity index (χ1n) is 15.9. The zero-order chi connectivity index (χ0) is 33.8. The number of hydrogen-bond donors (Lipinski definition) is 2. The molecule has 0 saturated carbocycles. The van der Waals surface area contributed by atoms with Gasteiger partial charge in [-0.3, -0.25) is 19.9 Å². The van der Waals surface area contributed by atoms with Gasteiger partial charge in [0.05, 0.1) is 19.1 Å². The van der Waals surface area contributed by atoms with Gasteiger partial charge >= 0.3 is 12.2 Å². The Kier molecular flexibility index (Phi) is 10.7. The van der Waals surface area contributed by atoms with Gasteiger partial charge in [-0.25, -0.2) is 14.6 Å². The number of ether oxygens (including phenoxy) is 3. The van der Waals surface area contributed by atoms with E-state index in [1.165, 1.54) is 4.90 Å². The molecule has 2 saturated heterocycles. The first kappa shape index (κ1) is 34.7. The summed E-state index contributed by atoms with van der Waals surface area (Å²) in [5.74, 6) is -0.925. The van der Waals surface area contributed by atoms with Gasteiger partial charge in [0, 0.05) is 5.56 Å². The van der Waals surface area contributed by atoms with Crippen molar-refractivity contribution in [1.29, 1.82) is 0 Å². The summed E-state index contributed by atoms with van der Waals surface area (Å²) in [6, 6.07) is 15.1. The number of hydrogen-bond acceptors (Lipinski definition) is 7. The van der Waals surface area contributed by atoms with E-state index in [1.54, 1.807) is 32.9 Å². The SMILES string of the molecule is CC(C)CC(NC(=O)c1ccc(C(C)(C)C)cc1)C(=O)NN(CC1C2OC2CN1C(=O)OCc1ccccc1)C(=O)OC(C)(C)C. The van der Waals surface area contributed by atoms with Crippen LogP contribution in [0.2, 0.25) is 0 Å². The van der Waals surface area contributed by atoms with Gasteiger partial charge in [0.25, 0.3) is 11.8 Å². The zero-order valence-corrected chi connectivity index (χ0v) is 28.2. The normalized spacial score (nSPS) is 19.6. The summed E-state index contributed by atoms with van der Waals surface area (Å²) in [7, 11) is 0. The number of nitrogens with zero attached hydrogens (tertiary/aromatic N) is 2. The highest BCUT2D eigenvalue weighted by Gasteiger charge is 2.57. The molecular weight excluding hydrogens is 588 g/mol. The van der Waals surface area contributed by atoms with Crippen LogP contribution < -0.4 is 10.7 Å². The molecule has 4 unspecified atom stereocenters. The molecule has 2 aromatic rings. The first-order valence-corrected chi connectivity index (χ1v) is 15.9. The van der Waals surface area contributed by atoms with E-state index in [2.05, 4.69) is 31.5 Å². The van der Waals surface area contributed by atoms with Crippen LogP contribution in [0.1, 0.15) is 83.3 Å². The summed E-state index contributed by atoms with van der Waals surface area (Å²) < 4.78 is 16.9. The minimum absolute atomic E-state index is 0.0552. The minimum atomic E-state index is -0.944. The van der Waals surface area contributed by atoms with E-state index in [-0.39, 0.29) is 36.7 Å². The van der Waals surface area contributed by atoms with E-state index in [1.807, 2.05) is 56.3 Å². The molecule has 0 spiro atoms. The van der Waals surface area contributed by atoms with Crippen molar-refractivity contribution in [2.75, 3.05) is 13.1 Å². The highest BCUT2D eigenvalue weighted by Crippen LogP contribution is 2.37. The molecule has 250 valence electrons. The Morgan fingerprint density at radius 2 is 1.63 bits per heavy atom. The van der Waals surface area contributed by atoms with Gasteiger partial charge < -0.3 is 19.5 Å². The van der Waals surface area contributed by atoms with Gasteiger partial charge in [-0.05, 0) is 61.8 Å². The molecule has 2 aliphatic heterocycles. The average Bonchev–Trinajstić information content (AvgIpc) is 3.66. The fraction of sp³-hybridized carbons (Fsp3) is 0.543. The molecule has 0 aliphatic carbocycles. The van der Waals surface area contributed by atoms with E-state index in [0.717, 1.165) is 16.1 Å². The molecule has 0 radical (unpaired) electrons. The number of amides is 4. The van der Waals surface area contributed by atoms with Crippen LogP contribution in [0.3, 0.4) is 0 Å². The molecular formula is C35H48N4O7. The van der Waals surface area contributed by atoms with Gasteiger partial charge in [0.15, 0.2) is 0 Å². The molecule has 2 fully saturated rings. The van der Waals surface area contributed by atoms with Crippen LogP contribution >= 0.6 is 0 Å². The average molecular weight is 637 g/mol. The zero-order valence-electron chi connectivity index (χ0n) is 28.2. The molecule has 2 heterocycles. The Bertz CT molecular complexity index is 1380. The number of morpholine rings is 1. The Morgan fingerprint density at radius 1 is 0.978 bits per heavy atom. The maximum Gasteiger partial charge on any atom is 0.429 e. The van der Waals surface area contributed by atoms with Crippen LogP contribution in [0.4, 0.5) is 9.59 Å². The Balaban J connectivity index is 1.49. The molecule has 0 aromatic heterocycles. The summed E-state index contributed by atoms with van der Waals surface area (Å²) in [5.41, 5.74) is 4.11. The molecule has 11 heteroatoms. The lowest BCUT2D eigenvalue weighted by molar-refractivity contribution is -0.128. The third-order valence-corrected chi connectivity index (χ3v) is 7.79. The summed E-state index contributed by atoms with van der Waals surface area (Å²) in [5, 5.41) is 3.91. The van der Waals surface area contributed by atoms with Gasteiger partial charge in [-0.2, -0.15) is 0 Å². The number of fused-ring (bicyclic) bond motifs is 1. The Labute approximate surface area is 271 Å². The third kappa shape index (κ3) is 9.45. The van der Waals surface area contributed by atoms with Gasteiger partial charge in [-0.1, -0.05) is 77.1 Å². The van der Waals surface area contributed by atoms with Crippen molar-refractivity contribution in [3.05, 3.63) is 71.3 Å². The fourth-order valence-electron chi connectivity index (χ4n) is 5.31. The maximum absolute atomic E-state index is 13.7. The fourth-order valence-corrected chi connectivity index (χ4v) is 5.31. The lowest BCUT2D eigenvalue weighted by Gasteiger charge is -2.33. The van der Waals surface area contributed by atoms with E-state index in [4.69, 9.17) is 14.2 Å². The van der Waals surface area contributed by atoms with Crippen molar-refractivity contribution >= 4 is 24.0 Å². The predicted molar refractivity (Wildman–Crippen MR) is 173 cm³/mol. The van der Waals surface area contributed by atoms with Gasteiger partial charge in [0.1, 0.15) is 30.5 Å². The quantitative estimate of drug-likeness (QED) is 0.286. The Hall–Kier alpha value is -4.12. The standard InChI is InChI=1S/C35H48N4O7/c1-22(2)18-26(36-30(40)24-14-16-25(17-15-24)34(3,4)5)31(41)37-39(33(43)46-35(6,7)8)19-27-29-28(45-29)20-38(27)32(42)44-21-23-12-10-9-11-13-23/h9-17,22,26-29H,18-21H2,1-8H3,(H,36,40)(H,37,41). The number of hydrazine groups is 1. The number of carbonyl (C=O) groups is 4.